The van der Waals surface area contributed by atoms with Crippen LogP contribution in [0.25, 0.3) is 0 Å². The van der Waals surface area contributed by atoms with Gasteiger partial charge in [0, 0.05) is 32.1 Å². The largest absolute Gasteiger partial charge is 0.388 e. The highest BCUT2D eigenvalue weighted by Crippen LogP contribution is 2.40. The SMILES string of the molecule is C[C@]1(O)[C@H]2CN(Cc3ccccc3)C(=O)[C@@H]1N(Cc1ccccc1)C2. The Bertz CT molecular complexity index is 745. The maximum atomic E-state index is 13.1. The average molecular weight is 336 g/mol. The van der Waals surface area contributed by atoms with E-state index >= 15 is 0 Å². The lowest BCUT2D eigenvalue weighted by Crippen LogP contribution is -2.60. The molecule has 0 spiro atoms. The lowest BCUT2D eigenvalue weighted by molar-refractivity contribution is -0.152. The van der Waals surface area contributed by atoms with E-state index in [2.05, 4.69) is 17.0 Å². The van der Waals surface area contributed by atoms with E-state index in [4.69, 9.17) is 0 Å². The summed E-state index contributed by atoms with van der Waals surface area (Å²) in [4.78, 5) is 17.2. The quantitative estimate of drug-likeness (QED) is 0.932. The lowest BCUT2D eigenvalue weighted by Gasteiger charge is -2.42. The number of aliphatic hydroxyl groups is 1. The summed E-state index contributed by atoms with van der Waals surface area (Å²) >= 11 is 0. The van der Waals surface area contributed by atoms with Crippen molar-refractivity contribution in [1.82, 2.24) is 9.80 Å². The smallest absolute Gasteiger partial charge is 0.243 e. The van der Waals surface area contributed by atoms with Crippen LogP contribution in [0.15, 0.2) is 60.7 Å². The van der Waals surface area contributed by atoms with Gasteiger partial charge in [0.2, 0.25) is 5.91 Å². The molecule has 3 atom stereocenters. The highest BCUT2D eigenvalue weighted by atomic mass is 16.3. The van der Waals surface area contributed by atoms with Crippen molar-refractivity contribution in [3.63, 3.8) is 0 Å². The van der Waals surface area contributed by atoms with Gasteiger partial charge >= 0.3 is 0 Å². The van der Waals surface area contributed by atoms with E-state index < -0.39 is 11.6 Å². The molecule has 0 radical (unpaired) electrons. The van der Waals surface area contributed by atoms with Crippen molar-refractivity contribution in [2.45, 2.75) is 31.7 Å². The topological polar surface area (TPSA) is 43.8 Å². The highest BCUT2D eigenvalue weighted by Gasteiger charge is 2.58. The third-order valence-corrected chi connectivity index (χ3v) is 5.63. The third kappa shape index (κ3) is 2.96. The first-order chi connectivity index (χ1) is 12.1. The van der Waals surface area contributed by atoms with Crippen molar-refractivity contribution in [3.8, 4) is 0 Å². The summed E-state index contributed by atoms with van der Waals surface area (Å²) in [5, 5.41) is 11.0. The summed E-state index contributed by atoms with van der Waals surface area (Å²) in [5.74, 6) is 0.126. The molecule has 0 unspecified atom stereocenters. The van der Waals surface area contributed by atoms with Crippen molar-refractivity contribution in [3.05, 3.63) is 71.8 Å². The van der Waals surface area contributed by atoms with Crippen LogP contribution in [0.1, 0.15) is 18.1 Å². The summed E-state index contributed by atoms with van der Waals surface area (Å²) in [6.45, 7) is 4.50. The van der Waals surface area contributed by atoms with Crippen LogP contribution < -0.4 is 0 Å². The Labute approximate surface area is 148 Å². The zero-order valence-corrected chi connectivity index (χ0v) is 14.5. The van der Waals surface area contributed by atoms with Crippen LogP contribution in [-0.4, -0.2) is 45.5 Å². The second-order valence-corrected chi connectivity index (χ2v) is 7.44. The molecular formula is C21H24N2O2. The normalized spacial score (nSPS) is 29.2. The van der Waals surface area contributed by atoms with E-state index in [0.717, 1.165) is 12.1 Å². The zero-order chi connectivity index (χ0) is 17.4. The molecule has 0 aromatic heterocycles. The van der Waals surface area contributed by atoms with Gasteiger partial charge in [0.1, 0.15) is 6.04 Å². The Morgan fingerprint density at radius 3 is 2.12 bits per heavy atom. The molecule has 4 nitrogen and oxygen atoms in total. The second-order valence-electron chi connectivity index (χ2n) is 7.44. The molecule has 130 valence electrons. The molecular weight excluding hydrogens is 312 g/mol. The highest BCUT2D eigenvalue weighted by molar-refractivity contribution is 5.85. The van der Waals surface area contributed by atoms with Gasteiger partial charge in [0.25, 0.3) is 0 Å². The van der Waals surface area contributed by atoms with Gasteiger partial charge in [-0.3, -0.25) is 9.69 Å². The average Bonchev–Trinajstić information content (AvgIpc) is 2.75. The van der Waals surface area contributed by atoms with Crippen LogP contribution in [0.5, 0.6) is 0 Å². The van der Waals surface area contributed by atoms with Crippen molar-refractivity contribution in [1.29, 1.82) is 0 Å². The van der Waals surface area contributed by atoms with Crippen LogP contribution in [0.2, 0.25) is 0 Å². The second kappa shape index (κ2) is 6.28. The number of hydrogen-bond donors (Lipinski definition) is 1. The molecule has 4 heteroatoms. The minimum atomic E-state index is -0.959. The van der Waals surface area contributed by atoms with E-state index in [-0.39, 0.29) is 11.8 Å². The molecule has 25 heavy (non-hydrogen) atoms. The summed E-state index contributed by atoms with van der Waals surface area (Å²) < 4.78 is 0. The molecule has 1 N–H and O–H groups in total. The van der Waals surface area contributed by atoms with Gasteiger partial charge in [-0.2, -0.15) is 0 Å². The Balaban J connectivity index is 1.56. The predicted octanol–water partition coefficient (Wildman–Crippen LogP) is 2.28. The fraction of sp³-hybridized carbons (Fsp3) is 0.381. The van der Waals surface area contributed by atoms with Crippen LogP contribution >= 0.6 is 0 Å². The number of fused-ring (bicyclic) bond motifs is 2. The molecule has 2 aromatic rings. The van der Waals surface area contributed by atoms with E-state index in [0.29, 0.717) is 19.6 Å². The number of piperidine rings is 1. The molecule has 2 fully saturated rings. The number of nitrogens with zero attached hydrogens (tertiary/aromatic N) is 2. The first-order valence-electron chi connectivity index (χ1n) is 8.89. The van der Waals surface area contributed by atoms with Gasteiger partial charge in [-0.1, -0.05) is 60.7 Å². The Morgan fingerprint density at radius 1 is 0.960 bits per heavy atom. The molecule has 2 aliphatic rings. The van der Waals surface area contributed by atoms with E-state index in [1.165, 1.54) is 5.56 Å². The van der Waals surface area contributed by atoms with Crippen LogP contribution in [-0.2, 0) is 17.9 Å². The fourth-order valence-electron chi connectivity index (χ4n) is 4.26. The van der Waals surface area contributed by atoms with Gasteiger partial charge in [0.05, 0.1) is 5.60 Å². The summed E-state index contributed by atoms with van der Waals surface area (Å²) in [5.41, 5.74) is 1.35. The molecule has 2 aromatic carbocycles. The van der Waals surface area contributed by atoms with Crippen molar-refractivity contribution in [2.75, 3.05) is 13.1 Å². The molecule has 0 saturated carbocycles. The number of rotatable bonds is 4. The van der Waals surface area contributed by atoms with Crippen LogP contribution in [0, 0.1) is 5.92 Å². The monoisotopic (exact) mass is 336 g/mol. The van der Waals surface area contributed by atoms with Gasteiger partial charge in [-0.25, -0.2) is 0 Å². The Kier molecular flexibility index (Phi) is 4.10. The van der Waals surface area contributed by atoms with Gasteiger partial charge in [-0.15, -0.1) is 0 Å². The summed E-state index contributed by atoms with van der Waals surface area (Å²) in [6.07, 6.45) is 0. The van der Waals surface area contributed by atoms with Gasteiger partial charge in [0.15, 0.2) is 0 Å². The van der Waals surface area contributed by atoms with E-state index in [9.17, 15) is 9.90 Å². The van der Waals surface area contributed by atoms with Gasteiger partial charge in [-0.05, 0) is 18.1 Å². The summed E-state index contributed by atoms with van der Waals surface area (Å²) in [7, 11) is 0. The maximum absolute atomic E-state index is 13.1. The predicted molar refractivity (Wildman–Crippen MR) is 96.6 cm³/mol. The number of likely N-dealkylation sites (tertiary alicyclic amines) is 2. The first kappa shape index (κ1) is 16.3. The molecule has 1 amide bonds. The fourth-order valence-corrected chi connectivity index (χ4v) is 4.26. The molecule has 2 saturated heterocycles. The lowest BCUT2D eigenvalue weighted by atomic mass is 9.82. The number of carbonyl (C=O) groups excluding carboxylic acids is 1. The number of amides is 1. The van der Waals surface area contributed by atoms with Crippen LogP contribution in [0.3, 0.4) is 0 Å². The Hall–Kier alpha value is -2.17. The summed E-state index contributed by atoms with van der Waals surface area (Å²) in [6, 6.07) is 19.8. The zero-order valence-electron chi connectivity index (χ0n) is 14.5. The van der Waals surface area contributed by atoms with Crippen molar-refractivity contribution >= 4 is 5.91 Å². The number of hydrogen-bond acceptors (Lipinski definition) is 3. The molecule has 4 rings (SSSR count). The first-order valence-corrected chi connectivity index (χ1v) is 8.89. The third-order valence-electron chi connectivity index (χ3n) is 5.63. The minimum Gasteiger partial charge on any atom is -0.388 e. The molecule has 0 aliphatic carbocycles. The molecule has 2 bridgehead atoms. The van der Waals surface area contributed by atoms with E-state index in [1.807, 2.05) is 60.4 Å². The number of carbonyl (C=O) groups is 1. The van der Waals surface area contributed by atoms with Crippen LogP contribution in [0.4, 0.5) is 0 Å². The molecule has 2 aliphatic heterocycles. The van der Waals surface area contributed by atoms with E-state index in [1.54, 1.807) is 0 Å². The maximum Gasteiger partial charge on any atom is 0.243 e. The number of benzene rings is 2. The minimum absolute atomic E-state index is 0.0403. The van der Waals surface area contributed by atoms with Crippen molar-refractivity contribution in [2.24, 2.45) is 5.92 Å². The molecule has 2 heterocycles. The standard InChI is InChI=1S/C21H24N2O2/c1-21(25)18-14-22(12-16-8-4-2-5-9-16)19(21)20(24)23(15-18)13-17-10-6-3-7-11-17/h2-11,18-19,25H,12-15H2,1H3/t18-,19+,21+/m1/s1. The Morgan fingerprint density at radius 2 is 1.52 bits per heavy atom. The van der Waals surface area contributed by atoms with Crippen molar-refractivity contribution < 1.29 is 9.90 Å². The van der Waals surface area contributed by atoms with Gasteiger partial charge < -0.3 is 10.0 Å².